The van der Waals surface area contributed by atoms with Gasteiger partial charge in [-0.3, -0.25) is 9.55 Å². The zero-order chi connectivity index (χ0) is 21.6. The number of carboxylic acid groups (broad SMARTS) is 1. The highest BCUT2D eigenvalue weighted by Gasteiger charge is 2.26. The lowest BCUT2D eigenvalue weighted by molar-refractivity contribution is 0.0696. The molecule has 152 valence electrons. The van der Waals surface area contributed by atoms with Gasteiger partial charge < -0.3 is 14.9 Å². The molecule has 30 heavy (non-hydrogen) atoms. The van der Waals surface area contributed by atoms with Gasteiger partial charge in [-0.1, -0.05) is 29.3 Å². The lowest BCUT2D eigenvalue weighted by Gasteiger charge is -2.13. The Hall–Kier alpha value is -3.22. The second kappa shape index (κ2) is 7.55. The van der Waals surface area contributed by atoms with Crippen molar-refractivity contribution >= 4 is 40.1 Å². The first-order chi connectivity index (χ1) is 14.3. The van der Waals surface area contributed by atoms with Gasteiger partial charge >= 0.3 is 5.97 Å². The van der Waals surface area contributed by atoms with Crippen molar-refractivity contribution in [3.05, 3.63) is 70.0 Å². The number of pyridine rings is 1. The molecule has 0 amide bonds. The second-order valence-corrected chi connectivity index (χ2v) is 7.50. The number of benzene rings is 2. The van der Waals surface area contributed by atoms with Crippen LogP contribution in [0.1, 0.15) is 16.1 Å². The number of aromatic nitrogens is 2. The Kier molecular flexibility index (Phi) is 5.05. The zero-order valence-electron chi connectivity index (χ0n) is 16.0. The van der Waals surface area contributed by atoms with Gasteiger partial charge in [0.1, 0.15) is 5.75 Å². The fourth-order valence-corrected chi connectivity index (χ4v) is 4.02. The highest BCUT2D eigenvalue weighted by Crippen LogP contribution is 2.43. The maximum Gasteiger partial charge on any atom is 0.338 e. The highest BCUT2D eigenvalue weighted by molar-refractivity contribution is 6.37. The average Bonchev–Trinajstić information content (AvgIpc) is 3.03. The minimum Gasteiger partial charge on any atom is -0.497 e. The predicted molar refractivity (Wildman–Crippen MR) is 116 cm³/mol. The molecule has 8 heteroatoms. The quantitative estimate of drug-likeness (QED) is 0.422. The van der Waals surface area contributed by atoms with Crippen LogP contribution in [0.25, 0.3) is 27.7 Å². The van der Waals surface area contributed by atoms with Crippen molar-refractivity contribution in [3.8, 4) is 28.4 Å². The van der Waals surface area contributed by atoms with Crippen LogP contribution in [0.15, 0.2) is 48.7 Å². The summed E-state index contributed by atoms with van der Waals surface area (Å²) in [5, 5.41) is 21.9. The number of ether oxygens (including phenoxy) is 1. The molecular weight excluding hydrogens is 427 g/mol. The number of aryl methyl sites for hydroxylation is 1. The maximum absolute atomic E-state index is 12.1. The van der Waals surface area contributed by atoms with Crippen molar-refractivity contribution in [2.75, 3.05) is 7.11 Å². The van der Waals surface area contributed by atoms with Crippen molar-refractivity contribution in [3.63, 3.8) is 0 Å². The number of aromatic carboxylic acids is 1. The Labute approximate surface area is 181 Å². The number of nitrogens with zero attached hydrogens (tertiary/aromatic N) is 2. The zero-order valence-corrected chi connectivity index (χ0v) is 17.5. The fraction of sp³-hybridized carbons (Fsp3) is 0.0909. The molecular formula is C22H16Cl2N2O4. The molecule has 0 fully saturated rings. The third-order valence-electron chi connectivity index (χ3n) is 4.87. The molecule has 0 aliphatic carbocycles. The van der Waals surface area contributed by atoms with Crippen LogP contribution < -0.4 is 4.74 Å². The summed E-state index contributed by atoms with van der Waals surface area (Å²) in [6, 6.07) is 11.9. The van der Waals surface area contributed by atoms with Crippen LogP contribution in [0, 0.1) is 6.92 Å². The Morgan fingerprint density at radius 3 is 2.43 bits per heavy atom. The van der Waals surface area contributed by atoms with Crippen LogP contribution >= 0.6 is 23.2 Å². The Morgan fingerprint density at radius 2 is 1.83 bits per heavy atom. The molecule has 2 N–H and O–H groups in total. The largest absolute Gasteiger partial charge is 0.497 e. The number of carbonyl (C=O) groups is 1. The van der Waals surface area contributed by atoms with Crippen LogP contribution in [0.5, 0.6) is 11.6 Å². The monoisotopic (exact) mass is 442 g/mol. The normalized spacial score (nSPS) is 11.1. The van der Waals surface area contributed by atoms with Gasteiger partial charge in [-0.15, -0.1) is 0 Å². The molecule has 0 atom stereocenters. The number of methoxy groups -OCH3 is 1. The first-order valence-corrected chi connectivity index (χ1v) is 9.65. The van der Waals surface area contributed by atoms with Gasteiger partial charge in [0, 0.05) is 33.1 Å². The van der Waals surface area contributed by atoms with Crippen LogP contribution in [-0.4, -0.2) is 32.8 Å². The lowest BCUT2D eigenvalue weighted by atomic mass is 9.95. The van der Waals surface area contributed by atoms with Crippen LogP contribution in [0.3, 0.4) is 0 Å². The number of aromatic hydroxyl groups is 1. The summed E-state index contributed by atoms with van der Waals surface area (Å²) in [5.41, 5.74) is 2.10. The lowest BCUT2D eigenvalue weighted by Crippen LogP contribution is -2.05. The third-order valence-corrected chi connectivity index (χ3v) is 5.42. The highest BCUT2D eigenvalue weighted by atomic mass is 35.5. The van der Waals surface area contributed by atoms with E-state index in [0.29, 0.717) is 33.2 Å². The van der Waals surface area contributed by atoms with E-state index in [9.17, 15) is 15.0 Å². The SMILES string of the molecule is COc1ccc(-n2cc3nc(C)c(C(=O)O)c(-c4ccc(Cl)cc4Cl)c3c2O)cc1. The molecule has 2 heterocycles. The molecule has 2 aromatic carbocycles. The van der Waals surface area contributed by atoms with Crippen LogP contribution in [0.2, 0.25) is 10.0 Å². The maximum atomic E-state index is 12.1. The molecule has 0 aliphatic rings. The van der Waals surface area contributed by atoms with Gasteiger partial charge in [-0.05, 0) is 43.3 Å². The molecule has 4 rings (SSSR count). The van der Waals surface area contributed by atoms with Gasteiger partial charge in [-0.25, -0.2) is 4.79 Å². The summed E-state index contributed by atoms with van der Waals surface area (Å²) in [6.07, 6.45) is 1.65. The Balaban J connectivity index is 2.08. The molecule has 2 aromatic heterocycles. The first-order valence-electron chi connectivity index (χ1n) is 8.89. The van der Waals surface area contributed by atoms with E-state index in [2.05, 4.69) is 4.98 Å². The van der Waals surface area contributed by atoms with Crippen LogP contribution in [0.4, 0.5) is 0 Å². The first kappa shape index (κ1) is 20.1. The minimum atomic E-state index is -1.17. The average molecular weight is 443 g/mol. The Morgan fingerprint density at radius 1 is 1.13 bits per heavy atom. The van der Waals surface area contributed by atoms with Crippen molar-refractivity contribution in [1.29, 1.82) is 0 Å². The third kappa shape index (κ3) is 3.24. The van der Waals surface area contributed by atoms with Crippen molar-refractivity contribution in [2.45, 2.75) is 6.92 Å². The van der Waals surface area contributed by atoms with E-state index in [0.717, 1.165) is 0 Å². The number of halogens is 2. The van der Waals surface area contributed by atoms with Crippen molar-refractivity contribution in [2.24, 2.45) is 0 Å². The number of hydrogen-bond acceptors (Lipinski definition) is 4. The molecule has 0 radical (unpaired) electrons. The van der Waals surface area contributed by atoms with E-state index in [1.54, 1.807) is 56.6 Å². The molecule has 0 saturated heterocycles. The summed E-state index contributed by atoms with van der Waals surface area (Å²) < 4.78 is 6.71. The van der Waals surface area contributed by atoms with E-state index in [1.807, 2.05) is 0 Å². The number of rotatable bonds is 4. The molecule has 6 nitrogen and oxygen atoms in total. The van der Waals surface area contributed by atoms with Gasteiger partial charge in [0.05, 0.1) is 29.3 Å². The standard InChI is InChI=1S/C22H16Cl2N2O4/c1-11-18(22(28)29)19(15-8-3-12(23)9-16(15)24)20-17(25-11)10-26(21(20)27)13-4-6-14(30-2)7-5-13/h3-10,27H,1-2H3,(H,28,29). The fourth-order valence-electron chi connectivity index (χ4n) is 3.51. The minimum absolute atomic E-state index is 0.0329. The summed E-state index contributed by atoms with van der Waals surface area (Å²) >= 11 is 12.4. The van der Waals surface area contributed by atoms with Gasteiger partial charge in [-0.2, -0.15) is 0 Å². The summed E-state index contributed by atoms with van der Waals surface area (Å²) in [7, 11) is 1.57. The summed E-state index contributed by atoms with van der Waals surface area (Å²) in [6.45, 7) is 1.61. The molecule has 0 spiro atoms. The summed E-state index contributed by atoms with van der Waals surface area (Å²) in [4.78, 5) is 16.5. The molecule has 0 bridgehead atoms. The number of carboxylic acids is 1. The summed E-state index contributed by atoms with van der Waals surface area (Å²) in [5.74, 6) is -0.642. The predicted octanol–water partition coefficient (Wildman–Crippen LogP) is 5.72. The van der Waals surface area contributed by atoms with Gasteiger partial charge in [0.2, 0.25) is 5.88 Å². The van der Waals surface area contributed by atoms with E-state index in [1.165, 1.54) is 10.6 Å². The number of hydrogen-bond donors (Lipinski definition) is 2. The van der Waals surface area contributed by atoms with Crippen LogP contribution in [-0.2, 0) is 0 Å². The smallest absolute Gasteiger partial charge is 0.338 e. The molecule has 4 aromatic rings. The van der Waals surface area contributed by atoms with Crippen molar-refractivity contribution < 1.29 is 19.7 Å². The Bertz CT molecular complexity index is 1300. The van der Waals surface area contributed by atoms with E-state index >= 15 is 0 Å². The van der Waals surface area contributed by atoms with E-state index in [4.69, 9.17) is 27.9 Å². The molecule has 0 saturated carbocycles. The molecule has 0 aliphatic heterocycles. The van der Waals surface area contributed by atoms with E-state index < -0.39 is 5.97 Å². The molecule has 0 unspecified atom stereocenters. The van der Waals surface area contributed by atoms with Gasteiger partial charge in [0.15, 0.2) is 0 Å². The van der Waals surface area contributed by atoms with Crippen molar-refractivity contribution in [1.82, 2.24) is 9.55 Å². The topological polar surface area (TPSA) is 84.6 Å². The van der Waals surface area contributed by atoms with E-state index in [-0.39, 0.29) is 27.4 Å². The number of fused-ring (bicyclic) bond motifs is 1. The van der Waals surface area contributed by atoms with Gasteiger partial charge in [0.25, 0.3) is 0 Å². The second-order valence-electron chi connectivity index (χ2n) is 6.66.